The summed E-state index contributed by atoms with van der Waals surface area (Å²) in [5.41, 5.74) is 1.99. The van der Waals surface area contributed by atoms with Crippen LogP contribution >= 0.6 is 11.8 Å². The Bertz CT molecular complexity index is 798. The number of carbonyl (C=O) groups excluding carboxylic acids is 2. The lowest BCUT2D eigenvalue weighted by Gasteiger charge is -2.24. The largest absolute Gasteiger partial charge is 0.490 e. The highest BCUT2D eigenvalue weighted by molar-refractivity contribution is 8.14. The first-order valence-corrected chi connectivity index (χ1v) is 10.8. The molecule has 180 valence electrons. The molecule has 2 N–H and O–H groups in total. The Morgan fingerprint density at radius 1 is 1.38 bits per heavy atom. The van der Waals surface area contributed by atoms with Gasteiger partial charge in [-0.1, -0.05) is 17.0 Å². The van der Waals surface area contributed by atoms with Crippen LogP contribution in [0, 0.1) is 0 Å². The summed E-state index contributed by atoms with van der Waals surface area (Å²) in [5.74, 6) is -2.90. The molecule has 0 aliphatic carbocycles. The Morgan fingerprint density at radius 2 is 2.06 bits per heavy atom. The van der Waals surface area contributed by atoms with E-state index in [9.17, 15) is 22.8 Å². The maximum Gasteiger partial charge on any atom is 0.490 e. The minimum Gasteiger partial charge on any atom is -0.475 e. The number of carboxylic acids is 1. The number of thioether (sulfide) groups is 1. The number of carboxylic acid groups (broad SMARTS) is 1. The van der Waals surface area contributed by atoms with Gasteiger partial charge in [-0.3, -0.25) is 14.3 Å². The zero-order valence-electron chi connectivity index (χ0n) is 17.9. The van der Waals surface area contributed by atoms with Crippen LogP contribution in [0.4, 0.5) is 13.2 Å². The Balaban J connectivity index is 0.000000633. The zero-order chi connectivity index (χ0) is 24.1. The van der Waals surface area contributed by atoms with Crippen molar-refractivity contribution in [1.82, 2.24) is 20.3 Å². The zero-order valence-corrected chi connectivity index (χ0v) is 18.7. The molecule has 0 amide bonds. The number of hydrogen-bond donors (Lipinski definition) is 2. The normalized spacial score (nSPS) is 17.4. The molecule has 0 saturated carbocycles. The van der Waals surface area contributed by atoms with Crippen molar-refractivity contribution >= 4 is 34.9 Å². The van der Waals surface area contributed by atoms with E-state index in [0.29, 0.717) is 13.0 Å². The molecule has 0 bridgehead atoms. The summed E-state index contributed by atoms with van der Waals surface area (Å²) in [6.07, 6.45) is 1.85. The number of aryl methyl sites for hydroxylation is 1. The lowest BCUT2D eigenvalue weighted by atomic mass is 10.1. The molecule has 1 unspecified atom stereocenters. The molecule has 0 spiro atoms. The van der Waals surface area contributed by atoms with Gasteiger partial charge >= 0.3 is 18.1 Å². The highest BCUT2D eigenvalue weighted by Crippen LogP contribution is 2.26. The van der Waals surface area contributed by atoms with Gasteiger partial charge in [-0.25, -0.2) is 4.79 Å². The SMILES string of the molecule is CCOC(=O)CCCCn1cc(/C=C2\CNCCC2SC(C)=O)nn1.O=C(O)C(F)(F)F. The number of hydrogen-bond acceptors (Lipinski definition) is 8. The highest BCUT2D eigenvalue weighted by Gasteiger charge is 2.38. The standard InChI is InChI=1S/C17H26N4O3S.C2HF3O2/c1-3-24-17(23)6-4-5-9-21-12-15(19-20-21)10-14-11-18-8-7-16(14)25-13(2)22;3-2(4,5)1(6)7/h10,12,16,18H,3-9,11H2,1-2H3;(H,6,7)/b14-10+;. The van der Waals surface area contributed by atoms with E-state index < -0.39 is 12.1 Å². The van der Waals surface area contributed by atoms with E-state index in [2.05, 4.69) is 15.6 Å². The average Bonchev–Trinajstić information content (AvgIpc) is 3.14. The summed E-state index contributed by atoms with van der Waals surface area (Å²) >= 11 is 1.39. The number of rotatable bonds is 8. The van der Waals surface area contributed by atoms with Crippen LogP contribution in [0.1, 0.15) is 45.2 Å². The average molecular weight is 481 g/mol. The molecule has 2 rings (SSSR count). The summed E-state index contributed by atoms with van der Waals surface area (Å²) in [7, 11) is 0. The number of alkyl halides is 3. The van der Waals surface area contributed by atoms with Gasteiger partial charge in [0.1, 0.15) is 5.69 Å². The number of carbonyl (C=O) groups is 3. The van der Waals surface area contributed by atoms with Crippen molar-refractivity contribution < 1.29 is 37.4 Å². The molecular formula is C19H27F3N4O5S. The van der Waals surface area contributed by atoms with Crippen molar-refractivity contribution in [2.45, 2.75) is 57.5 Å². The fourth-order valence-electron chi connectivity index (χ4n) is 2.70. The quantitative estimate of drug-likeness (QED) is 0.427. The van der Waals surface area contributed by atoms with E-state index in [0.717, 1.165) is 44.6 Å². The summed E-state index contributed by atoms with van der Waals surface area (Å²) in [4.78, 5) is 31.6. The molecule has 1 saturated heterocycles. The van der Waals surface area contributed by atoms with Crippen molar-refractivity contribution in [3.8, 4) is 0 Å². The number of nitrogens with one attached hydrogen (secondary N) is 1. The predicted octanol–water partition coefficient (Wildman–Crippen LogP) is 2.67. The third-order valence-corrected chi connectivity index (χ3v) is 5.24. The third-order valence-electron chi connectivity index (χ3n) is 4.09. The predicted molar refractivity (Wildman–Crippen MR) is 112 cm³/mol. The summed E-state index contributed by atoms with van der Waals surface area (Å²) in [6.45, 7) is 6.27. The molecule has 1 atom stereocenters. The molecule has 0 radical (unpaired) electrons. The number of aliphatic carboxylic acids is 1. The molecule has 1 aromatic rings. The fraction of sp³-hybridized carbons (Fsp3) is 0.632. The van der Waals surface area contributed by atoms with Crippen LogP contribution in [0.15, 0.2) is 11.8 Å². The second-order valence-electron chi connectivity index (χ2n) is 6.75. The van der Waals surface area contributed by atoms with Crippen molar-refractivity contribution in [3.63, 3.8) is 0 Å². The maximum absolute atomic E-state index is 11.4. The molecule has 1 aromatic heterocycles. The Morgan fingerprint density at radius 3 is 2.66 bits per heavy atom. The van der Waals surface area contributed by atoms with Crippen molar-refractivity contribution in [3.05, 3.63) is 17.5 Å². The van der Waals surface area contributed by atoms with Crippen molar-refractivity contribution in [2.24, 2.45) is 0 Å². The van der Waals surface area contributed by atoms with E-state index in [4.69, 9.17) is 14.6 Å². The maximum atomic E-state index is 11.4. The van der Waals surface area contributed by atoms with Gasteiger partial charge < -0.3 is 15.2 Å². The first kappa shape index (κ1) is 27.6. The minimum atomic E-state index is -5.08. The molecule has 1 aliphatic rings. The van der Waals surface area contributed by atoms with Crippen LogP contribution in [-0.4, -0.2) is 68.3 Å². The second kappa shape index (κ2) is 13.9. The lowest BCUT2D eigenvalue weighted by Crippen LogP contribution is -2.32. The van der Waals surface area contributed by atoms with Gasteiger partial charge in [0.15, 0.2) is 5.12 Å². The number of piperidine rings is 1. The van der Waals surface area contributed by atoms with Crippen LogP contribution < -0.4 is 5.32 Å². The molecule has 9 nitrogen and oxygen atoms in total. The minimum absolute atomic E-state index is 0.142. The first-order valence-electron chi connectivity index (χ1n) is 9.97. The van der Waals surface area contributed by atoms with E-state index in [1.807, 2.05) is 19.2 Å². The highest BCUT2D eigenvalue weighted by atomic mass is 32.2. The van der Waals surface area contributed by atoms with Crippen LogP contribution in [0.3, 0.4) is 0 Å². The Kier molecular flexibility index (Phi) is 12.0. The number of unbranched alkanes of at least 4 members (excludes halogenated alkanes) is 1. The Hall–Kier alpha value is -2.41. The second-order valence-corrected chi connectivity index (χ2v) is 8.13. The number of ether oxygens (including phenoxy) is 1. The number of nitrogens with zero attached hydrogens (tertiary/aromatic N) is 3. The van der Waals surface area contributed by atoms with Crippen molar-refractivity contribution in [1.29, 1.82) is 0 Å². The van der Waals surface area contributed by atoms with Crippen LogP contribution in [0.5, 0.6) is 0 Å². The van der Waals surface area contributed by atoms with Crippen LogP contribution in [0.25, 0.3) is 6.08 Å². The monoisotopic (exact) mass is 480 g/mol. The van der Waals surface area contributed by atoms with E-state index in [1.54, 1.807) is 11.6 Å². The first-order chi connectivity index (χ1) is 15.0. The van der Waals surface area contributed by atoms with Crippen LogP contribution in [0.2, 0.25) is 0 Å². The van der Waals surface area contributed by atoms with Crippen molar-refractivity contribution in [2.75, 3.05) is 19.7 Å². The molecule has 2 heterocycles. The third kappa shape index (κ3) is 11.3. The van der Waals surface area contributed by atoms with Gasteiger partial charge in [-0.2, -0.15) is 13.2 Å². The smallest absolute Gasteiger partial charge is 0.475 e. The van der Waals surface area contributed by atoms with E-state index >= 15 is 0 Å². The fourth-order valence-corrected chi connectivity index (χ4v) is 3.64. The molecular weight excluding hydrogens is 453 g/mol. The van der Waals surface area contributed by atoms with Gasteiger partial charge in [0.25, 0.3) is 0 Å². The number of esters is 1. The van der Waals surface area contributed by atoms with Gasteiger partial charge in [0, 0.05) is 31.7 Å². The number of halogens is 3. The molecule has 1 aliphatic heterocycles. The van der Waals surface area contributed by atoms with Gasteiger partial charge in [-0.15, -0.1) is 5.10 Å². The van der Waals surface area contributed by atoms with Gasteiger partial charge in [0.05, 0.1) is 12.8 Å². The lowest BCUT2D eigenvalue weighted by molar-refractivity contribution is -0.192. The number of aromatic nitrogens is 3. The summed E-state index contributed by atoms with van der Waals surface area (Å²) in [5, 5.41) is 19.1. The summed E-state index contributed by atoms with van der Waals surface area (Å²) in [6, 6.07) is 0. The molecule has 1 fully saturated rings. The van der Waals surface area contributed by atoms with E-state index in [1.165, 1.54) is 17.3 Å². The van der Waals surface area contributed by atoms with Gasteiger partial charge in [0.2, 0.25) is 0 Å². The topological polar surface area (TPSA) is 123 Å². The van der Waals surface area contributed by atoms with Gasteiger partial charge in [-0.05, 0) is 44.4 Å². The molecule has 0 aromatic carbocycles. The Labute approximate surface area is 187 Å². The summed E-state index contributed by atoms with van der Waals surface area (Å²) < 4.78 is 38.4. The van der Waals surface area contributed by atoms with E-state index in [-0.39, 0.29) is 16.3 Å². The van der Waals surface area contributed by atoms with Crippen LogP contribution in [-0.2, 0) is 25.7 Å². The molecule has 32 heavy (non-hydrogen) atoms. The molecule has 13 heteroatoms.